The van der Waals surface area contributed by atoms with E-state index in [-0.39, 0.29) is 5.56 Å². The highest BCUT2D eigenvalue weighted by Crippen LogP contribution is 2.32. The first-order valence-corrected chi connectivity index (χ1v) is 9.41. The van der Waals surface area contributed by atoms with Crippen LogP contribution < -0.4 is 16.0 Å². The van der Waals surface area contributed by atoms with Crippen molar-refractivity contribution < 1.29 is 9.53 Å². The molecule has 0 spiro atoms. The molecule has 0 aliphatic heterocycles. The first-order chi connectivity index (χ1) is 12.8. The number of rotatable bonds is 5. The number of para-hydroxylation sites is 1. The summed E-state index contributed by atoms with van der Waals surface area (Å²) in [5.74, 6) is -0.0634. The van der Waals surface area contributed by atoms with E-state index in [1.54, 1.807) is 43.3 Å². The summed E-state index contributed by atoms with van der Waals surface area (Å²) in [6.07, 6.45) is 0. The van der Waals surface area contributed by atoms with Crippen molar-refractivity contribution in [3.8, 4) is 11.4 Å². The molecule has 2 aromatic carbocycles. The van der Waals surface area contributed by atoms with Gasteiger partial charge in [-0.3, -0.25) is 14.2 Å². The van der Waals surface area contributed by atoms with E-state index in [1.807, 2.05) is 6.92 Å². The van der Waals surface area contributed by atoms with Gasteiger partial charge in [0.2, 0.25) is 5.91 Å². The maximum absolute atomic E-state index is 13.3. The summed E-state index contributed by atoms with van der Waals surface area (Å²) in [7, 11) is 1.50. The van der Waals surface area contributed by atoms with Crippen LogP contribution in [0.25, 0.3) is 16.6 Å². The van der Waals surface area contributed by atoms with Crippen LogP contribution in [-0.4, -0.2) is 27.8 Å². The highest BCUT2D eigenvalue weighted by Gasteiger charge is 2.21. The largest absolute Gasteiger partial charge is 0.495 e. The van der Waals surface area contributed by atoms with E-state index in [4.69, 9.17) is 22.1 Å². The van der Waals surface area contributed by atoms with Crippen LogP contribution in [0.4, 0.5) is 0 Å². The van der Waals surface area contributed by atoms with Crippen molar-refractivity contribution in [2.75, 3.05) is 7.11 Å². The second-order valence-electron chi connectivity index (χ2n) is 5.99. The van der Waals surface area contributed by atoms with Crippen molar-refractivity contribution in [3.63, 3.8) is 0 Å². The minimum absolute atomic E-state index is 0.264. The van der Waals surface area contributed by atoms with Gasteiger partial charge in [-0.1, -0.05) is 35.5 Å². The fourth-order valence-corrected chi connectivity index (χ4v) is 3.63. The van der Waals surface area contributed by atoms with Gasteiger partial charge >= 0.3 is 0 Å². The van der Waals surface area contributed by atoms with Crippen LogP contribution in [0.5, 0.6) is 5.75 Å². The number of aryl methyl sites for hydroxylation is 1. The molecule has 3 aromatic rings. The average Bonchev–Trinajstić information content (AvgIpc) is 2.64. The predicted octanol–water partition coefficient (Wildman–Crippen LogP) is 3.32. The van der Waals surface area contributed by atoms with Crippen molar-refractivity contribution in [3.05, 3.63) is 57.3 Å². The fraction of sp³-hybridized carbons (Fsp3) is 0.211. The topological polar surface area (TPSA) is 87.2 Å². The van der Waals surface area contributed by atoms with E-state index < -0.39 is 11.2 Å². The quantitative estimate of drug-likeness (QED) is 0.521. The molecule has 0 bridgehead atoms. The molecule has 0 fully saturated rings. The van der Waals surface area contributed by atoms with Gasteiger partial charge in [0, 0.05) is 11.1 Å². The molecule has 0 aliphatic carbocycles. The molecule has 8 heteroatoms. The molecule has 3 rings (SSSR count). The van der Waals surface area contributed by atoms with Gasteiger partial charge in [0.05, 0.1) is 29.0 Å². The number of methoxy groups -OCH3 is 1. The zero-order chi connectivity index (χ0) is 19.7. The van der Waals surface area contributed by atoms with Crippen molar-refractivity contribution in [2.24, 2.45) is 5.73 Å². The molecule has 0 saturated carbocycles. The number of aromatic nitrogens is 2. The summed E-state index contributed by atoms with van der Waals surface area (Å²) in [6, 6.07) is 10.5. The monoisotopic (exact) mass is 403 g/mol. The van der Waals surface area contributed by atoms with Gasteiger partial charge in [0.1, 0.15) is 5.75 Å². The van der Waals surface area contributed by atoms with Gasteiger partial charge in [-0.15, -0.1) is 0 Å². The van der Waals surface area contributed by atoms with Crippen LogP contribution in [0.15, 0.2) is 46.3 Å². The molecule has 1 aromatic heterocycles. The molecule has 140 valence electrons. The molecule has 2 N–H and O–H groups in total. The molecule has 6 nitrogen and oxygen atoms in total. The van der Waals surface area contributed by atoms with Gasteiger partial charge in [-0.2, -0.15) is 0 Å². The third-order valence-corrected chi connectivity index (χ3v) is 5.61. The molecule has 0 aliphatic rings. The predicted molar refractivity (Wildman–Crippen MR) is 108 cm³/mol. The molecule has 0 radical (unpaired) electrons. The highest BCUT2D eigenvalue weighted by atomic mass is 35.5. The Bertz CT molecular complexity index is 1100. The molecule has 1 atom stereocenters. The summed E-state index contributed by atoms with van der Waals surface area (Å²) in [6.45, 7) is 3.51. The van der Waals surface area contributed by atoms with E-state index >= 15 is 0 Å². The minimum Gasteiger partial charge on any atom is -0.495 e. The van der Waals surface area contributed by atoms with Gasteiger partial charge in [0.15, 0.2) is 5.16 Å². The Kier molecular flexibility index (Phi) is 5.43. The van der Waals surface area contributed by atoms with E-state index in [0.717, 1.165) is 17.3 Å². The molecule has 1 heterocycles. The minimum atomic E-state index is -0.566. The Labute approximate surface area is 165 Å². The zero-order valence-electron chi connectivity index (χ0n) is 15.0. The number of thioether (sulfide) groups is 1. The number of halogens is 1. The second kappa shape index (κ2) is 7.62. The Hall–Kier alpha value is -2.51. The lowest BCUT2D eigenvalue weighted by Crippen LogP contribution is -2.26. The summed E-state index contributed by atoms with van der Waals surface area (Å²) in [4.78, 5) is 29.4. The van der Waals surface area contributed by atoms with Crippen molar-refractivity contribution in [1.29, 1.82) is 0 Å². The first-order valence-electron chi connectivity index (χ1n) is 8.15. The van der Waals surface area contributed by atoms with Crippen LogP contribution in [0.1, 0.15) is 12.5 Å². The lowest BCUT2D eigenvalue weighted by Gasteiger charge is -2.18. The van der Waals surface area contributed by atoms with E-state index in [1.165, 1.54) is 11.7 Å². The summed E-state index contributed by atoms with van der Waals surface area (Å²) in [5, 5.41) is 0.772. The lowest BCUT2D eigenvalue weighted by atomic mass is 10.2. The number of benzene rings is 2. The van der Waals surface area contributed by atoms with Crippen LogP contribution in [-0.2, 0) is 4.79 Å². The molecule has 0 saturated heterocycles. The lowest BCUT2D eigenvalue weighted by molar-refractivity contribution is -0.117. The number of fused-ring (bicyclic) bond motifs is 1. The molecule has 0 unspecified atom stereocenters. The maximum atomic E-state index is 13.3. The number of carbonyl (C=O) groups excluding carboxylic acids is 1. The number of amides is 1. The SMILES string of the molecule is COc1cc(Cl)c(C)cc1-n1c(S[C@H](C)C(N)=O)nc2ccccc2c1=O. The number of hydrogen-bond donors (Lipinski definition) is 1. The molecule has 27 heavy (non-hydrogen) atoms. The Morgan fingerprint density at radius 3 is 2.70 bits per heavy atom. The average molecular weight is 404 g/mol. The van der Waals surface area contributed by atoms with Crippen LogP contribution in [0.2, 0.25) is 5.02 Å². The van der Waals surface area contributed by atoms with Crippen molar-refractivity contribution >= 4 is 40.2 Å². The number of nitrogens with zero attached hydrogens (tertiary/aromatic N) is 2. The second-order valence-corrected chi connectivity index (χ2v) is 7.70. The summed E-state index contributed by atoms with van der Waals surface area (Å²) < 4.78 is 6.88. The fourth-order valence-electron chi connectivity index (χ4n) is 2.61. The van der Waals surface area contributed by atoms with Crippen LogP contribution in [0.3, 0.4) is 0 Å². The zero-order valence-corrected chi connectivity index (χ0v) is 16.6. The number of carbonyl (C=O) groups is 1. The highest BCUT2D eigenvalue weighted by molar-refractivity contribution is 8.00. The van der Waals surface area contributed by atoms with Gasteiger partial charge < -0.3 is 10.5 Å². The number of ether oxygens (including phenoxy) is 1. The Morgan fingerprint density at radius 2 is 2.04 bits per heavy atom. The molecular weight excluding hydrogens is 386 g/mol. The number of hydrogen-bond acceptors (Lipinski definition) is 5. The smallest absolute Gasteiger partial charge is 0.266 e. The Morgan fingerprint density at radius 1 is 1.33 bits per heavy atom. The summed E-state index contributed by atoms with van der Waals surface area (Å²) >= 11 is 7.32. The normalized spacial score (nSPS) is 12.1. The van der Waals surface area contributed by atoms with Crippen molar-refractivity contribution in [1.82, 2.24) is 9.55 Å². The van der Waals surface area contributed by atoms with Gasteiger partial charge in [-0.05, 0) is 37.6 Å². The van der Waals surface area contributed by atoms with Gasteiger partial charge in [-0.25, -0.2) is 4.98 Å². The molecule has 1 amide bonds. The number of primary amides is 1. The van der Waals surface area contributed by atoms with E-state index in [2.05, 4.69) is 4.98 Å². The molecular formula is C19H18ClN3O3S. The van der Waals surface area contributed by atoms with Crippen LogP contribution >= 0.6 is 23.4 Å². The first kappa shape index (κ1) is 19.3. The Balaban J connectivity index is 2.37. The van der Waals surface area contributed by atoms with Crippen molar-refractivity contribution in [2.45, 2.75) is 24.3 Å². The summed E-state index contributed by atoms with van der Waals surface area (Å²) in [5.41, 5.74) is 6.97. The van der Waals surface area contributed by atoms with E-state index in [0.29, 0.717) is 32.5 Å². The third-order valence-electron chi connectivity index (χ3n) is 4.13. The third kappa shape index (κ3) is 3.65. The standard InChI is InChI=1S/C19H18ClN3O3S/c1-10-8-15(16(26-3)9-13(10)20)23-18(25)12-6-4-5-7-14(12)22-19(23)27-11(2)17(21)24/h4-9,11H,1-3H3,(H2,21,24)/t11-/m1/s1. The maximum Gasteiger partial charge on any atom is 0.266 e. The van der Waals surface area contributed by atoms with E-state index in [9.17, 15) is 9.59 Å². The number of nitrogens with two attached hydrogens (primary N) is 1. The van der Waals surface area contributed by atoms with Gasteiger partial charge in [0.25, 0.3) is 5.56 Å². The van der Waals surface area contributed by atoms with Crippen LogP contribution in [0, 0.1) is 6.92 Å².